The number of halogens is 2. The molecule has 2 heterocycles. The van der Waals surface area contributed by atoms with Gasteiger partial charge in [0.2, 0.25) is 5.91 Å². The zero-order valence-electron chi connectivity index (χ0n) is 12.9. The minimum absolute atomic E-state index is 0.202. The molecule has 1 unspecified atom stereocenters. The molecule has 2 aromatic rings. The molecule has 1 N–H and O–H groups in total. The minimum atomic E-state index is -0.737. The standard InChI is InChI=1S/C17H15F2N3O2/c1-10(23)21-9-13-14(18)7-12(15-4-6-22-24-15)16(17(13)19)11-3-2-5-20-8-11/h2-3,5-8,15H,4,9H2,1H3,(H,21,23). The van der Waals surface area contributed by atoms with Crippen LogP contribution in [0.15, 0.2) is 35.7 Å². The van der Waals surface area contributed by atoms with Crippen LogP contribution in [0.2, 0.25) is 0 Å². The highest BCUT2D eigenvalue weighted by Crippen LogP contribution is 2.37. The van der Waals surface area contributed by atoms with E-state index in [0.717, 1.165) is 0 Å². The van der Waals surface area contributed by atoms with Crippen molar-refractivity contribution in [3.05, 3.63) is 53.4 Å². The number of hydrogen-bond acceptors (Lipinski definition) is 4. The van der Waals surface area contributed by atoms with Gasteiger partial charge in [-0.25, -0.2) is 8.78 Å². The average molecular weight is 331 g/mol. The summed E-state index contributed by atoms with van der Waals surface area (Å²) in [6.07, 6.45) is 4.49. The lowest BCUT2D eigenvalue weighted by molar-refractivity contribution is -0.119. The molecule has 0 saturated heterocycles. The van der Waals surface area contributed by atoms with Crippen LogP contribution in [0.25, 0.3) is 11.1 Å². The topological polar surface area (TPSA) is 63.6 Å². The molecule has 5 nitrogen and oxygen atoms in total. The third-order valence-electron chi connectivity index (χ3n) is 3.74. The predicted octanol–water partition coefficient (Wildman–Crippen LogP) is 3.11. The quantitative estimate of drug-likeness (QED) is 0.936. The predicted molar refractivity (Wildman–Crippen MR) is 84.0 cm³/mol. The van der Waals surface area contributed by atoms with E-state index in [9.17, 15) is 9.18 Å². The summed E-state index contributed by atoms with van der Waals surface area (Å²) in [5.41, 5.74) is 0.874. The van der Waals surface area contributed by atoms with E-state index in [1.807, 2.05) is 0 Å². The van der Waals surface area contributed by atoms with Crippen molar-refractivity contribution >= 4 is 12.1 Å². The number of aromatic nitrogens is 1. The summed E-state index contributed by atoms with van der Waals surface area (Å²) in [5.74, 6) is -1.84. The number of benzene rings is 1. The Kier molecular flexibility index (Phi) is 4.50. The summed E-state index contributed by atoms with van der Waals surface area (Å²) in [6.45, 7) is 1.05. The molecule has 1 aliphatic heterocycles. The van der Waals surface area contributed by atoms with Gasteiger partial charge in [0.15, 0.2) is 6.10 Å². The second-order valence-corrected chi connectivity index (χ2v) is 5.38. The zero-order chi connectivity index (χ0) is 17.1. The van der Waals surface area contributed by atoms with Crippen LogP contribution >= 0.6 is 0 Å². The van der Waals surface area contributed by atoms with Crippen molar-refractivity contribution in [2.75, 3.05) is 0 Å². The molecule has 1 aliphatic rings. The maximum absolute atomic E-state index is 15.1. The molecule has 1 aromatic carbocycles. The van der Waals surface area contributed by atoms with Crippen LogP contribution in [-0.4, -0.2) is 17.1 Å². The van der Waals surface area contributed by atoms with Gasteiger partial charge in [-0.05, 0) is 12.1 Å². The third kappa shape index (κ3) is 3.10. The molecule has 0 bridgehead atoms. The Balaban J connectivity index is 2.14. The Hall–Kier alpha value is -2.83. The van der Waals surface area contributed by atoms with Gasteiger partial charge in [0.25, 0.3) is 0 Å². The molecule has 3 rings (SSSR count). The van der Waals surface area contributed by atoms with Crippen LogP contribution in [0.3, 0.4) is 0 Å². The Morgan fingerprint density at radius 1 is 1.46 bits per heavy atom. The molecule has 1 atom stereocenters. The fraction of sp³-hybridized carbons (Fsp3) is 0.235. The first-order valence-corrected chi connectivity index (χ1v) is 7.41. The first-order chi connectivity index (χ1) is 11.6. The second-order valence-electron chi connectivity index (χ2n) is 5.38. The van der Waals surface area contributed by atoms with Gasteiger partial charge in [-0.3, -0.25) is 9.78 Å². The number of oxime groups is 1. The number of amides is 1. The molecule has 0 fully saturated rings. The lowest BCUT2D eigenvalue weighted by Crippen LogP contribution is -2.21. The van der Waals surface area contributed by atoms with Crippen LogP contribution < -0.4 is 5.32 Å². The Labute approximate surface area is 137 Å². The highest BCUT2D eigenvalue weighted by atomic mass is 19.1. The summed E-state index contributed by atoms with van der Waals surface area (Å²) >= 11 is 0. The van der Waals surface area contributed by atoms with Crippen molar-refractivity contribution in [2.45, 2.75) is 26.0 Å². The maximum atomic E-state index is 15.1. The molecule has 0 spiro atoms. The van der Waals surface area contributed by atoms with Gasteiger partial charge >= 0.3 is 0 Å². The summed E-state index contributed by atoms with van der Waals surface area (Å²) < 4.78 is 29.5. The number of nitrogens with one attached hydrogen (secondary N) is 1. The smallest absolute Gasteiger partial charge is 0.217 e. The largest absolute Gasteiger partial charge is 0.388 e. The van der Waals surface area contributed by atoms with E-state index >= 15 is 4.39 Å². The molecule has 24 heavy (non-hydrogen) atoms. The summed E-state index contributed by atoms with van der Waals surface area (Å²) in [7, 11) is 0. The molecule has 0 radical (unpaired) electrons. The van der Waals surface area contributed by atoms with Crippen LogP contribution in [0.4, 0.5) is 8.78 Å². The van der Waals surface area contributed by atoms with Crippen molar-refractivity contribution in [3.63, 3.8) is 0 Å². The molecule has 1 aromatic heterocycles. The van der Waals surface area contributed by atoms with E-state index in [-0.39, 0.29) is 23.6 Å². The fourth-order valence-electron chi connectivity index (χ4n) is 2.59. The summed E-state index contributed by atoms with van der Waals surface area (Å²) in [4.78, 5) is 20.3. The van der Waals surface area contributed by atoms with Gasteiger partial charge in [0, 0.05) is 60.8 Å². The van der Waals surface area contributed by atoms with E-state index < -0.39 is 17.7 Å². The van der Waals surface area contributed by atoms with Crippen molar-refractivity contribution < 1.29 is 18.4 Å². The van der Waals surface area contributed by atoms with Gasteiger partial charge in [0.1, 0.15) is 11.6 Å². The van der Waals surface area contributed by atoms with Gasteiger partial charge in [-0.2, -0.15) is 0 Å². The normalized spacial score (nSPS) is 16.0. The fourth-order valence-corrected chi connectivity index (χ4v) is 2.59. The lowest BCUT2D eigenvalue weighted by atomic mass is 9.92. The van der Waals surface area contributed by atoms with E-state index in [1.165, 1.54) is 19.2 Å². The number of nitrogens with zero attached hydrogens (tertiary/aromatic N) is 2. The van der Waals surface area contributed by atoms with Gasteiger partial charge in [-0.1, -0.05) is 11.2 Å². The van der Waals surface area contributed by atoms with Gasteiger partial charge in [-0.15, -0.1) is 0 Å². The minimum Gasteiger partial charge on any atom is -0.388 e. The molecule has 0 aliphatic carbocycles. The summed E-state index contributed by atoms with van der Waals surface area (Å²) in [6, 6.07) is 4.59. The molecule has 124 valence electrons. The van der Waals surface area contributed by atoms with Crippen LogP contribution in [0.5, 0.6) is 0 Å². The molecular weight excluding hydrogens is 316 g/mol. The zero-order valence-corrected chi connectivity index (χ0v) is 12.9. The van der Waals surface area contributed by atoms with E-state index in [1.54, 1.807) is 24.5 Å². The monoisotopic (exact) mass is 331 g/mol. The van der Waals surface area contributed by atoms with E-state index in [2.05, 4.69) is 15.5 Å². The van der Waals surface area contributed by atoms with Crippen molar-refractivity contribution in [1.82, 2.24) is 10.3 Å². The van der Waals surface area contributed by atoms with E-state index in [4.69, 9.17) is 4.84 Å². The number of carbonyl (C=O) groups is 1. The van der Waals surface area contributed by atoms with Crippen LogP contribution in [-0.2, 0) is 16.2 Å². The maximum Gasteiger partial charge on any atom is 0.217 e. The first kappa shape index (κ1) is 16.0. The Morgan fingerprint density at radius 2 is 2.29 bits per heavy atom. The average Bonchev–Trinajstić information content (AvgIpc) is 3.09. The van der Waals surface area contributed by atoms with Crippen molar-refractivity contribution in [3.8, 4) is 11.1 Å². The van der Waals surface area contributed by atoms with Crippen LogP contribution in [0.1, 0.15) is 30.6 Å². The molecular formula is C17H15F2N3O2. The summed E-state index contributed by atoms with van der Waals surface area (Å²) in [5, 5.41) is 6.10. The molecule has 0 saturated carbocycles. The number of hydrogen-bond donors (Lipinski definition) is 1. The van der Waals surface area contributed by atoms with Crippen LogP contribution in [0, 0.1) is 11.6 Å². The third-order valence-corrected chi connectivity index (χ3v) is 3.74. The van der Waals surface area contributed by atoms with Crippen molar-refractivity contribution in [1.29, 1.82) is 0 Å². The number of carbonyl (C=O) groups excluding carboxylic acids is 1. The first-order valence-electron chi connectivity index (χ1n) is 7.41. The van der Waals surface area contributed by atoms with Gasteiger partial charge in [0.05, 0.1) is 0 Å². The van der Waals surface area contributed by atoms with E-state index in [0.29, 0.717) is 17.5 Å². The number of rotatable bonds is 4. The van der Waals surface area contributed by atoms with Crippen molar-refractivity contribution in [2.24, 2.45) is 5.16 Å². The SMILES string of the molecule is CC(=O)NCc1c(F)cc(C2CC=NO2)c(-c2cccnc2)c1F. The molecule has 1 amide bonds. The highest BCUT2D eigenvalue weighted by molar-refractivity contribution is 5.73. The van der Waals surface area contributed by atoms with Gasteiger partial charge < -0.3 is 10.2 Å². The second kappa shape index (κ2) is 6.74. The Bertz CT molecular complexity index is 786. The Morgan fingerprint density at radius 3 is 2.92 bits per heavy atom. The highest BCUT2D eigenvalue weighted by Gasteiger charge is 2.27. The number of pyridine rings is 1. The lowest BCUT2D eigenvalue weighted by Gasteiger charge is -2.18. The molecule has 7 heteroatoms.